The highest BCUT2D eigenvalue weighted by atomic mass is 16.4. The Balaban J connectivity index is 2.16. The second-order valence-corrected chi connectivity index (χ2v) is 5.53. The largest absolute Gasteiger partial charge is 0.478 e. The zero-order valence-corrected chi connectivity index (χ0v) is 12.0. The lowest BCUT2D eigenvalue weighted by molar-refractivity contribution is 0.0697. The summed E-state index contributed by atoms with van der Waals surface area (Å²) in [6.45, 7) is 6.69. The number of carboxylic acids is 1. The number of amides is 2. The van der Waals surface area contributed by atoms with Crippen molar-refractivity contribution < 1.29 is 14.7 Å². The van der Waals surface area contributed by atoms with E-state index in [9.17, 15) is 9.59 Å². The first-order valence-corrected chi connectivity index (χ1v) is 6.84. The molecule has 0 radical (unpaired) electrons. The number of carbonyl (C=O) groups is 2. The van der Waals surface area contributed by atoms with Crippen molar-refractivity contribution in [1.29, 1.82) is 0 Å². The average molecular weight is 276 g/mol. The third-order valence-corrected chi connectivity index (χ3v) is 3.82. The summed E-state index contributed by atoms with van der Waals surface area (Å²) in [4.78, 5) is 24.9. The van der Waals surface area contributed by atoms with Crippen LogP contribution in [0.5, 0.6) is 0 Å². The molecule has 1 heterocycles. The monoisotopic (exact) mass is 276 g/mol. The highest BCUT2D eigenvalue weighted by Gasteiger charge is 2.26. The fourth-order valence-corrected chi connectivity index (χ4v) is 2.19. The summed E-state index contributed by atoms with van der Waals surface area (Å²) in [5.41, 5.74) is 1.99. The molecule has 0 aliphatic carbocycles. The van der Waals surface area contributed by atoms with Crippen molar-refractivity contribution in [1.82, 2.24) is 5.32 Å². The summed E-state index contributed by atoms with van der Waals surface area (Å²) in [6.07, 6.45) is 0.694. The number of rotatable bonds is 3. The number of hydrogen-bond donors (Lipinski definition) is 2. The standard InChI is InChI=1S/C15H20N2O3/c1-9(2)10(3)16-15(20)17-7-6-11-8-12(14(18)19)4-5-13(11)17/h4-5,8-10H,6-7H2,1-3H3,(H,16,20)(H,18,19). The molecule has 1 aliphatic rings. The number of carbonyl (C=O) groups excluding carboxylic acids is 1. The van der Waals surface area contributed by atoms with Crippen LogP contribution in [0.3, 0.4) is 0 Å². The Bertz CT molecular complexity index is 540. The zero-order valence-electron chi connectivity index (χ0n) is 12.0. The maximum Gasteiger partial charge on any atom is 0.335 e. The molecule has 5 nitrogen and oxygen atoms in total. The molecule has 1 atom stereocenters. The van der Waals surface area contributed by atoms with Crippen LogP contribution in [-0.2, 0) is 6.42 Å². The number of nitrogens with one attached hydrogen (secondary N) is 1. The maximum atomic E-state index is 12.2. The van der Waals surface area contributed by atoms with Crippen molar-refractivity contribution in [3.8, 4) is 0 Å². The number of aromatic carboxylic acids is 1. The normalized spacial score (nSPS) is 15.1. The molecule has 0 saturated heterocycles. The molecule has 1 unspecified atom stereocenters. The van der Waals surface area contributed by atoms with Crippen molar-refractivity contribution in [2.45, 2.75) is 33.2 Å². The van der Waals surface area contributed by atoms with Gasteiger partial charge in [-0.25, -0.2) is 9.59 Å². The Morgan fingerprint density at radius 2 is 2.00 bits per heavy atom. The molecule has 108 valence electrons. The number of urea groups is 1. The van der Waals surface area contributed by atoms with Gasteiger partial charge in [0.25, 0.3) is 0 Å². The van der Waals surface area contributed by atoms with E-state index in [1.807, 2.05) is 6.92 Å². The van der Waals surface area contributed by atoms with Gasteiger partial charge in [0.2, 0.25) is 0 Å². The third kappa shape index (κ3) is 2.76. The molecular weight excluding hydrogens is 256 g/mol. The van der Waals surface area contributed by atoms with E-state index in [1.165, 1.54) is 0 Å². The fraction of sp³-hybridized carbons (Fsp3) is 0.467. The second-order valence-electron chi connectivity index (χ2n) is 5.53. The quantitative estimate of drug-likeness (QED) is 0.891. The lowest BCUT2D eigenvalue weighted by Crippen LogP contribution is -2.45. The Hall–Kier alpha value is -2.04. The Labute approximate surface area is 118 Å². The summed E-state index contributed by atoms with van der Waals surface area (Å²) < 4.78 is 0. The van der Waals surface area contributed by atoms with Crippen molar-refractivity contribution in [2.24, 2.45) is 5.92 Å². The lowest BCUT2D eigenvalue weighted by Gasteiger charge is -2.23. The van der Waals surface area contributed by atoms with Crippen LogP contribution in [0, 0.1) is 5.92 Å². The van der Waals surface area contributed by atoms with E-state index in [-0.39, 0.29) is 17.6 Å². The highest BCUT2D eigenvalue weighted by molar-refractivity contribution is 5.96. The minimum absolute atomic E-state index is 0.102. The van der Waals surface area contributed by atoms with Gasteiger partial charge in [-0.1, -0.05) is 13.8 Å². The number of fused-ring (bicyclic) bond motifs is 1. The van der Waals surface area contributed by atoms with Gasteiger partial charge in [0, 0.05) is 18.3 Å². The topological polar surface area (TPSA) is 69.6 Å². The van der Waals surface area contributed by atoms with Crippen LogP contribution in [-0.4, -0.2) is 29.7 Å². The number of nitrogens with zero attached hydrogens (tertiary/aromatic N) is 1. The van der Waals surface area contributed by atoms with E-state index in [0.29, 0.717) is 18.9 Å². The van der Waals surface area contributed by atoms with E-state index in [4.69, 9.17) is 5.11 Å². The Kier molecular flexibility index (Phi) is 3.97. The van der Waals surface area contributed by atoms with Gasteiger partial charge >= 0.3 is 12.0 Å². The zero-order chi connectivity index (χ0) is 14.9. The van der Waals surface area contributed by atoms with E-state index in [0.717, 1.165) is 11.3 Å². The maximum absolute atomic E-state index is 12.2. The van der Waals surface area contributed by atoms with Crippen LogP contribution in [0.2, 0.25) is 0 Å². The summed E-state index contributed by atoms with van der Waals surface area (Å²) in [5.74, 6) is -0.570. The first-order chi connectivity index (χ1) is 9.40. The molecule has 1 aromatic carbocycles. The first kappa shape index (κ1) is 14.4. The molecule has 0 spiro atoms. The molecule has 5 heteroatoms. The van der Waals surface area contributed by atoms with Crippen LogP contribution >= 0.6 is 0 Å². The van der Waals surface area contributed by atoms with E-state index in [2.05, 4.69) is 19.2 Å². The molecule has 20 heavy (non-hydrogen) atoms. The van der Waals surface area contributed by atoms with Crippen LogP contribution in [0.25, 0.3) is 0 Å². The van der Waals surface area contributed by atoms with E-state index in [1.54, 1.807) is 23.1 Å². The van der Waals surface area contributed by atoms with Crippen molar-refractivity contribution in [3.63, 3.8) is 0 Å². The number of carboxylic acid groups (broad SMARTS) is 1. The minimum Gasteiger partial charge on any atom is -0.478 e. The van der Waals surface area contributed by atoms with E-state index < -0.39 is 5.97 Å². The lowest BCUT2D eigenvalue weighted by atomic mass is 10.1. The summed E-state index contributed by atoms with van der Waals surface area (Å²) >= 11 is 0. The van der Waals surface area contributed by atoms with Gasteiger partial charge in [-0.2, -0.15) is 0 Å². The van der Waals surface area contributed by atoms with Crippen LogP contribution in [0.4, 0.5) is 10.5 Å². The van der Waals surface area contributed by atoms with Crippen LogP contribution in [0.1, 0.15) is 36.7 Å². The van der Waals surface area contributed by atoms with Crippen LogP contribution in [0.15, 0.2) is 18.2 Å². The molecule has 2 amide bonds. The van der Waals surface area contributed by atoms with Crippen molar-refractivity contribution >= 4 is 17.7 Å². The molecule has 0 saturated carbocycles. The van der Waals surface area contributed by atoms with Gasteiger partial charge < -0.3 is 10.4 Å². The Morgan fingerprint density at radius 3 is 2.60 bits per heavy atom. The van der Waals surface area contributed by atoms with Crippen molar-refractivity contribution in [2.75, 3.05) is 11.4 Å². The Morgan fingerprint density at radius 1 is 1.30 bits per heavy atom. The number of hydrogen-bond acceptors (Lipinski definition) is 2. The third-order valence-electron chi connectivity index (χ3n) is 3.82. The molecule has 2 N–H and O–H groups in total. The first-order valence-electron chi connectivity index (χ1n) is 6.84. The van der Waals surface area contributed by atoms with Gasteiger partial charge in [-0.3, -0.25) is 4.90 Å². The predicted molar refractivity (Wildman–Crippen MR) is 77.3 cm³/mol. The minimum atomic E-state index is -0.941. The van der Waals surface area contributed by atoms with Gasteiger partial charge in [0.1, 0.15) is 0 Å². The smallest absolute Gasteiger partial charge is 0.335 e. The average Bonchev–Trinajstić information content (AvgIpc) is 2.81. The van der Waals surface area contributed by atoms with Crippen LogP contribution < -0.4 is 10.2 Å². The molecule has 2 rings (SSSR count). The predicted octanol–water partition coefficient (Wildman–Crippen LogP) is 2.50. The molecule has 0 bridgehead atoms. The fourth-order valence-electron chi connectivity index (χ4n) is 2.19. The van der Waals surface area contributed by atoms with Crippen molar-refractivity contribution in [3.05, 3.63) is 29.3 Å². The molecule has 1 aromatic rings. The summed E-state index contributed by atoms with van der Waals surface area (Å²) in [5, 5.41) is 11.9. The van der Waals surface area contributed by atoms with Gasteiger partial charge in [-0.15, -0.1) is 0 Å². The summed E-state index contributed by atoms with van der Waals surface area (Å²) in [6, 6.07) is 4.89. The van der Waals surface area contributed by atoms with E-state index >= 15 is 0 Å². The van der Waals surface area contributed by atoms with Gasteiger partial charge in [-0.05, 0) is 43.0 Å². The number of benzene rings is 1. The molecule has 0 fully saturated rings. The van der Waals surface area contributed by atoms with Gasteiger partial charge in [0.15, 0.2) is 0 Å². The number of anilines is 1. The highest BCUT2D eigenvalue weighted by Crippen LogP contribution is 2.29. The molecule has 0 aromatic heterocycles. The molecular formula is C15H20N2O3. The SMILES string of the molecule is CC(C)C(C)NC(=O)N1CCc2cc(C(=O)O)ccc21. The second kappa shape index (κ2) is 5.53. The van der Waals surface area contributed by atoms with Gasteiger partial charge in [0.05, 0.1) is 5.56 Å². The summed E-state index contributed by atoms with van der Waals surface area (Å²) in [7, 11) is 0. The molecule has 1 aliphatic heterocycles.